The minimum absolute atomic E-state index is 0.313. The molecule has 0 aliphatic rings. The SMILES string of the molecule is CSCCC(C)N(C)C(CN)c1ccc(SC)cc1. The van der Waals surface area contributed by atoms with E-state index in [-0.39, 0.29) is 0 Å². The lowest BCUT2D eigenvalue weighted by Crippen LogP contribution is -2.37. The summed E-state index contributed by atoms with van der Waals surface area (Å²) in [6.07, 6.45) is 5.47. The van der Waals surface area contributed by atoms with Crippen molar-refractivity contribution in [2.24, 2.45) is 5.73 Å². The van der Waals surface area contributed by atoms with Crippen LogP contribution in [0.1, 0.15) is 24.9 Å². The summed E-state index contributed by atoms with van der Waals surface area (Å²) in [5, 5.41) is 0. The molecule has 108 valence electrons. The van der Waals surface area contributed by atoms with E-state index in [1.807, 2.05) is 11.8 Å². The summed E-state index contributed by atoms with van der Waals surface area (Å²) in [5.41, 5.74) is 7.31. The number of hydrogen-bond acceptors (Lipinski definition) is 4. The number of nitrogens with zero attached hydrogens (tertiary/aromatic N) is 1. The highest BCUT2D eigenvalue weighted by molar-refractivity contribution is 7.98. The van der Waals surface area contributed by atoms with Gasteiger partial charge in [0.1, 0.15) is 0 Å². The number of hydrogen-bond donors (Lipinski definition) is 1. The van der Waals surface area contributed by atoms with Crippen LogP contribution in [0, 0.1) is 0 Å². The van der Waals surface area contributed by atoms with Crippen molar-refractivity contribution in [1.29, 1.82) is 0 Å². The van der Waals surface area contributed by atoms with Crippen molar-refractivity contribution in [3.63, 3.8) is 0 Å². The molecule has 0 aliphatic carbocycles. The van der Waals surface area contributed by atoms with E-state index in [1.54, 1.807) is 11.8 Å². The van der Waals surface area contributed by atoms with Crippen molar-refractivity contribution in [2.45, 2.75) is 30.3 Å². The minimum atomic E-state index is 0.313. The van der Waals surface area contributed by atoms with Crippen LogP contribution in [0.25, 0.3) is 0 Å². The van der Waals surface area contributed by atoms with Crippen LogP contribution in [-0.4, -0.2) is 42.8 Å². The maximum absolute atomic E-state index is 5.99. The van der Waals surface area contributed by atoms with E-state index in [0.717, 1.165) is 0 Å². The van der Waals surface area contributed by atoms with Gasteiger partial charge < -0.3 is 5.73 Å². The van der Waals surface area contributed by atoms with E-state index in [0.29, 0.717) is 18.6 Å². The Balaban J connectivity index is 2.74. The van der Waals surface area contributed by atoms with Crippen molar-refractivity contribution >= 4 is 23.5 Å². The van der Waals surface area contributed by atoms with Gasteiger partial charge in [0.15, 0.2) is 0 Å². The zero-order valence-corrected chi connectivity index (χ0v) is 14.1. The highest BCUT2D eigenvalue weighted by Gasteiger charge is 2.19. The Morgan fingerprint density at radius 2 is 1.84 bits per heavy atom. The second kappa shape index (κ2) is 8.90. The number of likely N-dealkylation sites (N-methyl/N-ethyl adjacent to an activating group) is 1. The highest BCUT2D eigenvalue weighted by Crippen LogP contribution is 2.24. The summed E-state index contributed by atoms with van der Waals surface area (Å²) in [6, 6.07) is 9.66. The Kier molecular flexibility index (Phi) is 7.91. The molecule has 0 radical (unpaired) electrons. The summed E-state index contributed by atoms with van der Waals surface area (Å²) < 4.78 is 0. The summed E-state index contributed by atoms with van der Waals surface area (Å²) in [5.74, 6) is 1.20. The summed E-state index contributed by atoms with van der Waals surface area (Å²) in [4.78, 5) is 3.71. The predicted octanol–water partition coefficient (Wildman–Crippen LogP) is 3.48. The molecule has 0 amide bonds. The van der Waals surface area contributed by atoms with Crippen LogP contribution in [0.5, 0.6) is 0 Å². The van der Waals surface area contributed by atoms with Gasteiger partial charge in [-0.15, -0.1) is 11.8 Å². The van der Waals surface area contributed by atoms with Crippen molar-refractivity contribution in [3.8, 4) is 0 Å². The molecule has 0 bridgehead atoms. The van der Waals surface area contributed by atoms with Gasteiger partial charge in [-0.2, -0.15) is 11.8 Å². The van der Waals surface area contributed by atoms with E-state index >= 15 is 0 Å². The van der Waals surface area contributed by atoms with Crippen molar-refractivity contribution in [2.75, 3.05) is 31.9 Å². The second-order valence-corrected chi connectivity index (χ2v) is 6.69. The molecule has 4 heteroatoms. The van der Waals surface area contributed by atoms with E-state index in [1.165, 1.54) is 22.6 Å². The van der Waals surface area contributed by atoms with Crippen molar-refractivity contribution in [3.05, 3.63) is 29.8 Å². The third kappa shape index (κ3) is 5.03. The first-order chi connectivity index (χ1) is 9.13. The molecular formula is C15H26N2S2. The monoisotopic (exact) mass is 298 g/mol. The van der Waals surface area contributed by atoms with Crippen LogP contribution in [-0.2, 0) is 0 Å². The van der Waals surface area contributed by atoms with Crippen molar-refractivity contribution in [1.82, 2.24) is 4.90 Å². The summed E-state index contributed by atoms with van der Waals surface area (Å²) >= 11 is 3.68. The zero-order chi connectivity index (χ0) is 14.3. The predicted molar refractivity (Wildman–Crippen MR) is 90.2 cm³/mol. The molecule has 0 aromatic heterocycles. The first kappa shape index (κ1) is 16.9. The van der Waals surface area contributed by atoms with Gasteiger partial charge in [-0.1, -0.05) is 12.1 Å². The highest BCUT2D eigenvalue weighted by atomic mass is 32.2. The molecule has 1 aromatic carbocycles. The van der Waals surface area contributed by atoms with Crippen LogP contribution in [0.3, 0.4) is 0 Å². The Bertz CT molecular complexity index is 354. The molecule has 0 heterocycles. The standard InChI is InChI=1S/C15H26N2S2/c1-12(9-10-18-3)17(2)15(11-16)13-5-7-14(19-4)8-6-13/h5-8,12,15H,9-11,16H2,1-4H3. The smallest absolute Gasteiger partial charge is 0.0470 e. The molecule has 2 nitrogen and oxygen atoms in total. The quantitative estimate of drug-likeness (QED) is 0.744. The summed E-state index contributed by atoms with van der Waals surface area (Å²) in [7, 11) is 2.19. The van der Waals surface area contributed by atoms with Crippen LogP contribution in [0.15, 0.2) is 29.2 Å². The topological polar surface area (TPSA) is 29.3 Å². The molecule has 2 atom stereocenters. The number of benzene rings is 1. The van der Waals surface area contributed by atoms with Crippen LogP contribution < -0.4 is 5.73 Å². The van der Waals surface area contributed by atoms with Gasteiger partial charge in [-0.3, -0.25) is 4.90 Å². The van der Waals surface area contributed by atoms with Gasteiger partial charge >= 0.3 is 0 Å². The molecule has 1 rings (SSSR count). The molecule has 0 aliphatic heterocycles. The lowest BCUT2D eigenvalue weighted by atomic mass is 10.0. The first-order valence-electron chi connectivity index (χ1n) is 6.69. The van der Waals surface area contributed by atoms with Gasteiger partial charge in [-0.25, -0.2) is 0 Å². The molecule has 19 heavy (non-hydrogen) atoms. The van der Waals surface area contributed by atoms with E-state index in [9.17, 15) is 0 Å². The van der Waals surface area contributed by atoms with Gasteiger partial charge in [0.25, 0.3) is 0 Å². The normalized spacial score (nSPS) is 14.6. The van der Waals surface area contributed by atoms with E-state index in [4.69, 9.17) is 5.73 Å². The fraction of sp³-hybridized carbons (Fsp3) is 0.600. The van der Waals surface area contributed by atoms with E-state index in [2.05, 4.69) is 55.6 Å². The van der Waals surface area contributed by atoms with Gasteiger partial charge in [0.2, 0.25) is 0 Å². The lowest BCUT2D eigenvalue weighted by molar-refractivity contribution is 0.185. The van der Waals surface area contributed by atoms with Crippen molar-refractivity contribution < 1.29 is 0 Å². The number of rotatable bonds is 8. The fourth-order valence-corrected chi connectivity index (χ4v) is 3.15. The maximum atomic E-state index is 5.99. The third-order valence-electron chi connectivity index (χ3n) is 3.65. The fourth-order valence-electron chi connectivity index (χ4n) is 2.16. The molecule has 0 saturated carbocycles. The molecular weight excluding hydrogens is 272 g/mol. The third-order valence-corrected chi connectivity index (χ3v) is 5.04. The Labute approximate surface area is 126 Å². The second-order valence-electron chi connectivity index (χ2n) is 4.82. The first-order valence-corrected chi connectivity index (χ1v) is 9.30. The van der Waals surface area contributed by atoms with Crippen LogP contribution in [0.4, 0.5) is 0 Å². The van der Waals surface area contributed by atoms with Gasteiger partial charge in [0, 0.05) is 23.5 Å². The summed E-state index contributed by atoms with van der Waals surface area (Å²) in [6.45, 7) is 2.95. The molecule has 0 spiro atoms. The molecule has 2 N–H and O–H groups in total. The largest absolute Gasteiger partial charge is 0.329 e. The Hall–Kier alpha value is -0.160. The molecule has 0 saturated heterocycles. The van der Waals surface area contributed by atoms with Gasteiger partial charge in [-0.05, 0) is 56.4 Å². The molecule has 1 aromatic rings. The maximum Gasteiger partial charge on any atom is 0.0470 e. The average molecular weight is 299 g/mol. The average Bonchev–Trinajstić information content (AvgIpc) is 2.46. The zero-order valence-electron chi connectivity index (χ0n) is 12.4. The minimum Gasteiger partial charge on any atom is -0.329 e. The Morgan fingerprint density at radius 3 is 2.32 bits per heavy atom. The van der Waals surface area contributed by atoms with Crippen LogP contribution >= 0.6 is 23.5 Å². The van der Waals surface area contributed by atoms with Crippen LogP contribution in [0.2, 0.25) is 0 Å². The number of nitrogens with two attached hydrogens (primary N) is 1. The van der Waals surface area contributed by atoms with E-state index < -0.39 is 0 Å². The molecule has 0 fully saturated rings. The number of thioether (sulfide) groups is 2. The molecule has 2 unspecified atom stereocenters. The lowest BCUT2D eigenvalue weighted by Gasteiger charge is -2.33. The van der Waals surface area contributed by atoms with Gasteiger partial charge in [0.05, 0.1) is 0 Å². The Morgan fingerprint density at radius 1 is 1.21 bits per heavy atom.